The lowest BCUT2D eigenvalue weighted by molar-refractivity contribution is -0.139. The second-order valence-corrected chi connectivity index (χ2v) is 10.4. The minimum Gasteiger partial charge on any atom is -0.454 e. The van der Waals surface area contributed by atoms with E-state index < -0.39 is 17.7 Å². The van der Waals surface area contributed by atoms with Crippen LogP contribution in [0.5, 0.6) is 11.5 Å². The average molecular weight is 550 g/mol. The summed E-state index contributed by atoms with van der Waals surface area (Å²) in [7, 11) is 1.87. The monoisotopic (exact) mass is 549 g/mol. The lowest BCUT2D eigenvalue weighted by Gasteiger charge is -2.35. The molecule has 1 saturated heterocycles. The van der Waals surface area contributed by atoms with E-state index in [9.17, 15) is 18.0 Å². The number of rotatable bonds is 6. The fourth-order valence-electron chi connectivity index (χ4n) is 5.85. The number of hydrogen-bond donors (Lipinski definition) is 0. The Bertz CT molecular complexity index is 1540. The van der Waals surface area contributed by atoms with E-state index >= 15 is 0 Å². The Balaban J connectivity index is 1.22. The number of hydrogen-bond acceptors (Lipinski definition) is 4. The van der Waals surface area contributed by atoms with Crippen molar-refractivity contribution < 1.29 is 27.4 Å². The highest BCUT2D eigenvalue weighted by Crippen LogP contribution is 2.41. The van der Waals surface area contributed by atoms with Crippen molar-refractivity contribution in [1.82, 2.24) is 14.4 Å². The first kappa shape index (κ1) is 26.3. The fourth-order valence-corrected chi connectivity index (χ4v) is 5.85. The van der Waals surface area contributed by atoms with Crippen LogP contribution in [0.2, 0.25) is 0 Å². The van der Waals surface area contributed by atoms with E-state index in [0.29, 0.717) is 26.2 Å². The van der Waals surface area contributed by atoms with Crippen LogP contribution in [0, 0.1) is 0 Å². The maximum Gasteiger partial charge on any atom is 0.416 e. The summed E-state index contributed by atoms with van der Waals surface area (Å²) in [6.07, 6.45) is -2.70. The SMILES string of the molecule is Cn1cc(C(CC(=O)N2CCN(Cc3ccc4c(c3)OCO4)CC2)c2ccccc2C(F)(F)F)c2ccccc21. The number of piperazine rings is 1. The molecule has 1 amide bonds. The Kier molecular flexibility index (Phi) is 6.92. The van der Waals surface area contributed by atoms with Crippen molar-refractivity contribution in [2.75, 3.05) is 33.0 Å². The summed E-state index contributed by atoms with van der Waals surface area (Å²) in [6.45, 7) is 3.35. The van der Waals surface area contributed by atoms with E-state index in [1.165, 1.54) is 12.1 Å². The van der Waals surface area contributed by atoms with Crippen LogP contribution in [0.1, 0.15) is 34.6 Å². The molecule has 0 radical (unpaired) electrons. The van der Waals surface area contributed by atoms with Crippen LogP contribution in [0.15, 0.2) is 72.9 Å². The summed E-state index contributed by atoms with van der Waals surface area (Å²) < 4.78 is 55.1. The van der Waals surface area contributed by atoms with Gasteiger partial charge in [-0.25, -0.2) is 0 Å². The molecule has 0 N–H and O–H groups in total. The van der Waals surface area contributed by atoms with Crippen LogP contribution in [-0.4, -0.2) is 53.2 Å². The van der Waals surface area contributed by atoms with Gasteiger partial charge in [-0.05, 0) is 41.0 Å². The lowest BCUT2D eigenvalue weighted by Crippen LogP contribution is -2.48. The second kappa shape index (κ2) is 10.5. The Morgan fingerprint density at radius 3 is 2.42 bits per heavy atom. The molecule has 0 saturated carbocycles. The molecule has 1 atom stereocenters. The number of benzene rings is 3. The van der Waals surface area contributed by atoms with Crippen molar-refractivity contribution in [3.63, 3.8) is 0 Å². The number of para-hydroxylation sites is 1. The number of carbonyl (C=O) groups excluding carboxylic acids is 1. The minimum atomic E-state index is -4.52. The van der Waals surface area contributed by atoms with Crippen molar-refractivity contribution in [2.45, 2.75) is 25.1 Å². The third-order valence-electron chi connectivity index (χ3n) is 7.89. The van der Waals surface area contributed by atoms with E-state index in [1.807, 2.05) is 60.3 Å². The van der Waals surface area contributed by atoms with Crippen LogP contribution >= 0.6 is 0 Å². The first-order chi connectivity index (χ1) is 19.3. The molecule has 3 heterocycles. The molecule has 4 aromatic rings. The Hall–Kier alpha value is -3.98. The van der Waals surface area contributed by atoms with Gasteiger partial charge in [-0.3, -0.25) is 9.69 Å². The standard InChI is InChI=1S/C31H30F3N3O3/c1-35-19-25(23-7-3-5-9-27(23)35)24(22-6-2-4-8-26(22)31(32,33)34)17-30(38)37-14-12-36(13-15-37)18-21-10-11-28-29(16-21)40-20-39-28/h2-11,16,19,24H,12-15,17-18,20H2,1H3. The molecule has 6 nitrogen and oxygen atoms in total. The number of fused-ring (bicyclic) bond motifs is 2. The molecule has 0 aliphatic carbocycles. The van der Waals surface area contributed by atoms with E-state index in [-0.39, 0.29) is 24.7 Å². The van der Waals surface area contributed by atoms with Crippen molar-refractivity contribution in [1.29, 1.82) is 0 Å². The highest BCUT2D eigenvalue weighted by atomic mass is 19.4. The fraction of sp³-hybridized carbons (Fsp3) is 0.323. The van der Waals surface area contributed by atoms with Crippen molar-refractivity contribution in [2.24, 2.45) is 7.05 Å². The lowest BCUT2D eigenvalue weighted by atomic mass is 9.85. The van der Waals surface area contributed by atoms with Crippen molar-refractivity contribution in [3.05, 3.63) is 95.2 Å². The van der Waals surface area contributed by atoms with E-state index in [2.05, 4.69) is 4.90 Å². The summed E-state index contributed by atoms with van der Waals surface area (Å²) in [5.41, 5.74) is 2.17. The average Bonchev–Trinajstić information content (AvgIpc) is 3.56. The minimum absolute atomic E-state index is 0.0384. The zero-order valence-corrected chi connectivity index (χ0v) is 22.2. The van der Waals surface area contributed by atoms with Gasteiger partial charge in [0.25, 0.3) is 0 Å². The van der Waals surface area contributed by atoms with Crippen LogP contribution in [-0.2, 0) is 24.6 Å². The van der Waals surface area contributed by atoms with Gasteiger partial charge >= 0.3 is 6.18 Å². The molecule has 9 heteroatoms. The molecule has 2 aliphatic heterocycles. The third kappa shape index (κ3) is 5.13. The number of amides is 1. The number of aromatic nitrogens is 1. The van der Waals surface area contributed by atoms with Gasteiger partial charge < -0.3 is 18.9 Å². The molecule has 1 fully saturated rings. The highest BCUT2D eigenvalue weighted by Gasteiger charge is 2.37. The Morgan fingerprint density at radius 1 is 0.900 bits per heavy atom. The quantitative estimate of drug-likeness (QED) is 0.306. The van der Waals surface area contributed by atoms with Gasteiger partial charge in [0.1, 0.15) is 0 Å². The number of alkyl halides is 3. The molecule has 3 aromatic carbocycles. The van der Waals surface area contributed by atoms with Gasteiger partial charge in [-0.1, -0.05) is 42.5 Å². The van der Waals surface area contributed by atoms with E-state index in [1.54, 1.807) is 11.0 Å². The number of halogens is 3. The molecular formula is C31H30F3N3O3. The third-order valence-corrected chi connectivity index (χ3v) is 7.89. The van der Waals surface area contributed by atoms with Crippen molar-refractivity contribution >= 4 is 16.8 Å². The summed E-state index contributed by atoms with van der Waals surface area (Å²) in [5.74, 6) is 0.609. The van der Waals surface area contributed by atoms with Gasteiger partial charge in [0.15, 0.2) is 11.5 Å². The highest BCUT2D eigenvalue weighted by molar-refractivity contribution is 5.86. The molecular weight excluding hydrogens is 519 g/mol. The first-order valence-corrected chi connectivity index (χ1v) is 13.4. The molecule has 0 bridgehead atoms. The molecule has 6 rings (SSSR count). The Morgan fingerprint density at radius 2 is 1.62 bits per heavy atom. The number of carbonyl (C=O) groups is 1. The maximum absolute atomic E-state index is 14.1. The van der Waals surface area contributed by atoms with Crippen LogP contribution in [0.4, 0.5) is 13.2 Å². The summed E-state index contributed by atoms with van der Waals surface area (Å²) >= 11 is 0. The normalized spacial score (nSPS) is 16.4. The van der Waals surface area contributed by atoms with Gasteiger partial charge in [-0.2, -0.15) is 13.2 Å². The topological polar surface area (TPSA) is 46.9 Å². The predicted octanol–water partition coefficient (Wildman–Crippen LogP) is 5.79. The molecule has 40 heavy (non-hydrogen) atoms. The molecule has 208 valence electrons. The van der Waals surface area contributed by atoms with Crippen LogP contribution < -0.4 is 9.47 Å². The van der Waals surface area contributed by atoms with Crippen LogP contribution in [0.25, 0.3) is 10.9 Å². The Labute approximate surface area is 230 Å². The predicted molar refractivity (Wildman–Crippen MR) is 145 cm³/mol. The number of aryl methyl sites for hydroxylation is 1. The molecule has 1 unspecified atom stereocenters. The summed E-state index contributed by atoms with van der Waals surface area (Å²) in [5, 5.41) is 0.855. The van der Waals surface area contributed by atoms with Gasteiger partial charge in [0.2, 0.25) is 12.7 Å². The molecule has 2 aliphatic rings. The largest absolute Gasteiger partial charge is 0.454 e. The zero-order valence-electron chi connectivity index (χ0n) is 22.2. The first-order valence-electron chi connectivity index (χ1n) is 13.4. The van der Waals surface area contributed by atoms with E-state index in [4.69, 9.17) is 9.47 Å². The van der Waals surface area contributed by atoms with E-state index in [0.717, 1.165) is 46.1 Å². The number of ether oxygens (including phenoxy) is 2. The van der Waals surface area contributed by atoms with Gasteiger partial charge in [0, 0.05) is 69.2 Å². The summed E-state index contributed by atoms with van der Waals surface area (Å²) in [4.78, 5) is 17.7. The van der Waals surface area contributed by atoms with Crippen LogP contribution in [0.3, 0.4) is 0 Å². The summed E-state index contributed by atoms with van der Waals surface area (Å²) in [6, 6.07) is 19.1. The molecule has 0 spiro atoms. The maximum atomic E-state index is 14.1. The second-order valence-electron chi connectivity index (χ2n) is 10.4. The molecule has 1 aromatic heterocycles. The van der Waals surface area contributed by atoms with Crippen molar-refractivity contribution in [3.8, 4) is 11.5 Å². The zero-order chi connectivity index (χ0) is 27.9. The number of nitrogens with zero attached hydrogens (tertiary/aromatic N) is 3. The van der Waals surface area contributed by atoms with Gasteiger partial charge in [0.05, 0.1) is 5.56 Å². The smallest absolute Gasteiger partial charge is 0.416 e. The van der Waals surface area contributed by atoms with Gasteiger partial charge in [-0.15, -0.1) is 0 Å².